The van der Waals surface area contributed by atoms with Crippen molar-refractivity contribution >= 4 is 18.0 Å². The van der Waals surface area contributed by atoms with E-state index in [0.29, 0.717) is 12.8 Å². The molecule has 8 nitrogen and oxygen atoms in total. The number of carbonyl (C=O) groups is 3. The van der Waals surface area contributed by atoms with Gasteiger partial charge >= 0.3 is 12.1 Å². The lowest BCUT2D eigenvalue weighted by Gasteiger charge is -2.31. The van der Waals surface area contributed by atoms with Crippen molar-refractivity contribution in [1.29, 1.82) is 0 Å². The molecule has 0 aromatic heterocycles. The molecule has 0 bridgehead atoms. The number of amides is 2. The van der Waals surface area contributed by atoms with Crippen molar-refractivity contribution in [3.05, 3.63) is 59.7 Å². The molecular formula is C26H30N2O6. The molecule has 0 spiro atoms. The highest BCUT2D eigenvalue weighted by Gasteiger charge is 2.46. The second-order valence-corrected chi connectivity index (χ2v) is 9.29. The lowest BCUT2D eigenvalue weighted by atomic mass is 9.83. The summed E-state index contributed by atoms with van der Waals surface area (Å²) in [6, 6.07) is 15.8. The molecule has 34 heavy (non-hydrogen) atoms. The number of hydrogen-bond donors (Lipinski definition) is 4. The highest BCUT2D eigenvalue weighted by molar-refractivity contribution is 5.84. The van der Waals surface area contributed by atoms with Gasteiger partial charge in [-0.25, -0.2) is 4.79 Å². The van der Waals surface area contributed by atoms with Crippen molar-refractivity contribution in [3.63, 3.8) is 0 Å². The Kier molecular flexibility index (Phi) is 6.88. The molecule has 3 unspecified atom stereocenters. The molecule has 2 aliphatic carbocycles. The van der Waals surface area contributed by atoms with Crippen molar-refractivity contribution < 1.29 is 29.3 Å². The monoisotopic (exact) mass is 466 g/mol. The van der Waals surface area contributed by atoms with E-state index in [-0.39, 0.29) is 25.0 Å². The largest absolute Gasteiger partial charge is 0.481 e. The number of hydrogen-bond acceptors (Lipinski definition) is 5. The number of aliphatic carboxylic acids is 1. The fraction of sp³-hybridized carbons (Fsp3) is 0.423. The van der Waals surface area contributed by atoms with Gasteiger partial charge in [0.15, 0.2) is 0 Å². The van der Waals surface area contributed by atoms with Crippen LogP contribution in [-0.2, 0) is 14.3 Å². The Morgan fingerprint density at radius 1 is 1.09 bits per heavy atom. The van der Waals surface area contributed by atoms with Gasteiger partial charge in [-0.15, -0.1) is 0 Å². The second-order valence-electron chi connectivity index (χ2n) is 9.29. The molecule has 0 saturated heterocycles. The van der Waals surface area contributed by atoms with Gasteiger partial charge in [0.1, 0.15) is 6.61 Å². The number of alkyl carbamates (subject to hydrolysis) is 1. The SMILES string of the molecule is CC1(C(=O)NCC(O)CC(=O)O)CCCC1NC(=O)OCC1c2ccccc2-c2ccccc21. The number of nitrogens with one attached hydrogen (secondary N) is 2. The first-order chi connectivity index (χ1) is 16.3. The van der Waals surface area contributed by atoms with Crippen LogP contribution in [-0.4, -0.2) is 53.5 Å². The average Bonchev–Trinajstić information content (AvgIpc) is 3.34. The Morgan fingerprint density at radius 2 is 1.71 bits per heavy atom. The molecule has 2 aromatic rings. The van der Waals surface area contributed by atoms with Gasteiger partial charge in [-0.05, 0) is 42.0 Å². The highest BCUT2D eigenvalue weighted by atomic mass is 16.5. The summed E-state index contributed by atoms with van der Waals surface area (Å²) in [6.07, 6.45) is -0.221. The molecule has 2 aliphatic rings. The second kappa shape index (κ2) is 9.85. The van der Waals surface area contributed by atoms with Gasteiger partial charge in [0.2, 0.25) is 5.91 Å². The minimum absolute atomic E-state index is 0.0490. The van der Waals surface area contributed by atoms with E-state index in [1.165, 1.54) is 0 Å². The molecule has 3 atom stereocenters. The summed E-state index contributed by atoms with van der Waals surface area (Å²) in [6.45, 7) is 1.81. The Morgan fingerprint density at radius 3 is 2.32 bits per heavy atom. The number of carboxylic acid groups (broad SMARTS) is 1. The number of aliphatic hydroxyl groups is 1. The van der Waals surface area contributed by atoms with Crippen LogP contribution in [0.2, 0.25) is 0 Å². The minimum Gasteiger partial charge on any atom is -0.481 e. The van der Waals surface area contributed by atoms with Gasteiger partial charge in [0.05, 0.1) is 17.9 Å². The summed E-state index contributed by atoms with van der Waals surface area (Å²) in [5, 5.41) is 24.0. The third kappa shape index (κ3) is 4.77. The van der Waals surface area contributed by atoms with Crippen molar-refractivity contribution in [2.45, 2.75) is 50.7 Å². The number of carboxylic acids is 1. The van der Waals surface area contributed by atoms with Crippen LogP contribution in [0.4, 0.5) is 4.79 Å². The fourth-order valence-corrected chi connectivity index (χ4v) is 5.14. The lowest BCUT2D eigenvalue weighted by molar-refractivity contribution is -0.140. The molecule has 8 heteroatoms. The summed E-state index contributed by atoms with van der Waals surface area (Å²) in [5.41, 5.74) is 3.69. The van der Waals surface area contributed by atoms with Crippen LogP contribution < -0.4 is 10.6 Å². The predicted molar refractivity (Wildman–Crippen MR) is 125 cm³/mol. The molecule has 1 fully saturated rings. The van der Waals surface area contributed by atoms with Gasteiger partial charge in [-0.1, -0.05) is 55.0 Å². The minimum atomic E-state index is -1.17. The van der Waals surface area contributed by atoms with Gasteiger partial charge in [-0.3, -0.25) is 9.59 Å². The first-order valence-corrected chi connectivity index (χ1v) is 11.6. The number of fused-ring (bicyclic) bond motifs is 3. The number of ether oxygens (including phenoxy) is 1. The van der Waals surface area contributed by atoms with Crippen LogP contribution in [0.1, 0.15) is 49.7 Å². The summed E-state index contributed by atoms with van der Waals surface area (Å²) in [4.78, 5) is 36.2. The normalized spacial score (nSPS) is 21.9. The summed E-state index contributed by atoms with van der Waals surface area (Å²) in [7, 11) is 0. The van der Waals surface area contributed by atoms with Crippen LogP contribution in [0.25, 0.3) is 11.1 Å². The van der Waals surface area contributed by atoms with Gasteiger partial charge in [0, 0.05) is 18.5 Å². The van der Waals surface area contributed by atoms with Crippen molar-refractivity contribution in [3.8, 4) is 11.1 Å². The van der Waals surface area contributed by atoms with E-state index in [1.807, 2.05) is 24.3 Å². The molecule has 2 amide bonds. The first kappa shape index (κ1) is 23.8. The van der Waals surface area contributed by atoms with E-state index in [9.17, 15) is 19.5 Å². The van der Waals surface area contributed by atoms with Crippen molar-refractivity contribution in [2.24, 2.45) is 5.41 Å². The van der Waals surface area contributed by atoms with Crippen LogP contribution in [0.3, 0.4) is 0 Å². The standard InChI is InChI=1S/C26H30N2O6/c1-26(24(32)27-14-16(29)13-23(30)31)12-6-11-22(26)28-25(33)34-15-21-19-9-4-2-7-17(19)18-8-3-5-10-20(18)21/h2-5,7-10,16,21-22,29H,6,11-15H2,1H3,(H,27,32)(H,28,33)(H,30,31). The Balaban J connectivity index is 1.36. The van der Waals surface area contributed by atoms with Crippen LogP contribution in [0.15, 0.2) is 48.5 Å². The van der Waals surface area contributed by atoms with Gasteiger partial charge < -0.3 is 25.6 Å². The first-order valence-electron chi connectivity index (χ1n) is 11.6. The third-order valence-corrected chi connectivity index (χ3v) is 7.02. The highest BCUT2D eigenvalue weighted by Crippen LogP contribution is 2.44. The van der Waals surface area contributed by atoms with E-state index in [4.69, 9.17) is 9.84 Å². The maximum Gasteiger partial charge on any atom is 0.407 e. The molecule has 0 radical (unpaired) electrons. The Labute approximate surface area is 198 Å². The molecule has 4 rings (SSSR count). The average molecular weight is 467 g/mol. The van der Waals surface area contributed by atoms with E-state index < -0.39 is 36.0 Å². The predicted octanol–water partition coefficient (Wildman–Crippen LogP) is 3.04. The fourth-order valence-electron chi connectivity index (χ4n) is 5.14. The lowest BCUT2D eigenvalue weighted by Crippen LogP contribution is -2.52. The van der Waals surface area contributed by atoms with Gasteiger partial charge in [-0.2, -0.15) is 0 Å². The van der Waals surface area contributed by atoms with E-state index in [2.05, 4.69) is 34.9 Å². The molecule has 0 aliphatic heterocycles. The van der Waals surface area contributed by atoms with E-state index >= 15 is 0 Å². The number of aliphatic hydroxyl groups excluding tert-OH is 1. The zero-order valence-corrected chi connectivity index (χ0v) is 19.1. The van der Waals surface area contributed by atoms with Crippen molar-refractivity contribution in [1.82, 2.24) is 10.6 Å². The maximum atomic E-state index is 12.8. The molecule has 180 valence electrons. The van der Waals surface area contributed by atoms with Gasteiger partial charge in [0.25, 0.3) is 0 Å². The third-order valence-electron chi connectivity index (χ3n) is 7.02. The zero-order valence-electron chi connectivity index (χ0n) is 19.1. The maximum absolute atomic E-state index is 12.8. The van der Waals surface area contributed by atoms with E-state index in [0.717, 1.165) is 28.7 Å². The molecular weight excluding hydrogens is 436 g/mol. The molecule has 1 saturated carbocycles. The molecule has 0 heterocycles. The molecule has 2 aromatic carbocycles. The number of rotatable bonds is 8. The zero-order chi connectivity index (χ0) is 24.3. The van der Waals surface area contributed by atoms with Crippen LogP contribution >= 0.6 is 0 Å². The van der Waals surface area contributed by atoms with Crippen LogP contribution in [0.5, 0.6) is 0 Å². The van der Waals surface area contributed by atoms with Crippen molar-refractivity contribution in [2.75, 3.05) is 13.2 Å². The summed E-state index contributed by atoms with van der Waals surface area (Å²) >= 11 is 0. The van der Waals surface area contributed by atoms with E-state index in [1.54, 1.807) is 6.92 Å². The van der Waals surface area contributed by atoms with Crippen LogP contribution in [0, 0.1) is 5.41 Å². The smallest absolute Gasteiger partial charge is 0.407 e. The Hall–Kier alpha value is -3.39. The number of benzene rings is 2. The topological polar surface area (TPSA) is 125 Å². The Bertz CT molecular complexity index is 1040. The summed E-state index contributed by atoms with van der Waals surface area (Å²) in [5.74, 6) is -1.51. The molecule has 4 N–H and O–H groups in total. The number of carbonyl (C=O) groups excluding carboxylic acids is 2. The summed E-state index contributed by atoms with van der Waals surface area (Å²) < 4.78 is 5.63. The quantitative estimate of drug-likeness (QED) is 0.474.